The summed E-state index contributed by atoms with van der Waals surface area (Å²) in [5, 5.41) is 9.69. The molecule has 4 nitrogen and oxygen atoms in total. The molecule has 0 aromatic heterocycles. The lowest BCUT2D eigenvalue weighted by Crippen LogP contribution is -2.60. The molecule has 2 aliphatic heterocycles. The summed E-state index contributed by atoms with van der Waals surface area (Å²) in [4.78, 5) is 11.4. The van der Waals surface area contributed by atoms with Gasteiger partial charge in [-0.3, -0.25) is 0 Å². The predicted octanol–water partition coefficient (Wildman–Crippen LogP) is 0.292. The Morgan fingerprint density at radius 1 is 1.40 bits per heavy atom. The molecule has 86 valence electrons. The van der Waals surface area contributed by atoms with Gasteiger partial charge >= 0.3 is 5.97 Å². The normalized spacial score (nSPS) is 44.1. The molecular formula is C11H20NO3+. The summed E-state index contributed by atoms with van der Waals surface area (Å²) in [6.45, 7) is 0.457. The Bertz CT molecular complexity index is 253. The number of nitrogens with zero attached hydrogens (tertiary/aromatic N) is 1. The molecule has 15 heavy (non-hydrogen) atoms. The molecule has 2 atom stereocenters. The summed E-state index contributed by atoms with van der Waals surface area (Å²) in [6.07, 6.45) is 3.78. The van der Waals surface area contributed by atoms with Crippen molar-refractivity contribution in [2.24, 2.45) is 0 Å². The largest absolute Gasteiger partial charge is 0.465 e. The molecular weight excluding hydrogens is 194 g/mol. The third kappa shape index (κ3) is 1.76. The third-order valence-corrected chi connectivity index (χ3v) is 4.29. The maximum atomic E-state index is 11.4. The topological polar surface area (TPSA) is 46.5 Å². The molecule has 2 fully saturated rings. The van der Waals surface area contributed by atoms with Crippen molar-refractivity contribution in [1.82, 2.24) is 0 Å². The molecule has 4 heteroatoms. The molecule has 0 amide bonds. The van der Waals surface area contributed by atoms with E-state index in [1.54, 1.807) is 0 Å². The Morgan fingerprint density at radius 2 is 1.93 bits per heavy atom. The predicted molar refractivity (Wildman–Crippen MR) is 55.1 cm³/mol. The van der Waals surface area contributed by atoms with Crippen molar-refractivity contribution in [3.8, 4) is 0 Å². The van der Waals surface area contributed by atoms with E-state index < -0.39 is 0 Å². The highest BCUT2D eigenvalue weighted by Gasteiger charge is 2.52. The quantitative estimate of drug-likeness (QED) is 0.531. The van der Waals surface area contributed by atoms with Crippen molar-refractivity contribution < 1.29 is 19.1 Å². The van der Waals surface area contributed by atoms with Gasteiger partial charge in [0.1, 0.15) is 0 Å². The minimum absolute atomic E-state index is 0.134. The number of fused-ring (bicyclic) bond motifs is 2. The van der Waals surface area contributed by atoms with Gasteiger partial charge in [-0.25, -0.2) is 4.79 Å². The van der Waals surface area contributed by atoms with Gasteiger partial charge in [0.15, 0.2) is 6.54 Å². The van der Waals surface area contributed by atoms with E-state index in [1.165, 1.54) is 7.11 Å². The van der Waals surface area contributed by atoms with Gasteiger partial charge in [-0.2, -0.15) is 0 Å². The zero-order valence-corrected chi connectivity index (χ0v) is 9.48. The van der Waals surface area contributed by atoms with E-state index in [1.807, 2.05) is 0 Å². The molecule has 2 aliphatic rings. The van der Waals surface area contributed by atoms with Crippen LogP contribution in [0.3, 0.4) is 0 Å². The van der Waals surface area contributed by atoms with Crippen molar-refractivity contribution in [2.45, 2.75) is 43.9 Å². The second-order valence-corrected chi connectivity index (χ2v) is 5.09. The lowest BCUT2D eigenvalue weighted by atomic mass is 9.97. The number of hydrogen-bond donors (Lipinski definition) is 1. The molecule has 0 aromatic rings. The number of hydrogen-bond acceptors (Lipinski definition) is 3. The Morgan fingerprint density at radius 3 is 2.40 bits per heavy atom. The average molecular weight is 214 g/mol. The van der Waals surface area contributed by atoms with Crippen LogP contribution in [0.5, 0.6) is 0 Å². The SMILES string of the molecule is COC(=O)C[N+]1(C)C2CCC1CC(O)C2. The molecule has 1 N–H and O–H groups in total. The molecule has 0 aliphatic carbocycles. The van der Waals surface area contributed by atoms with Gasteiger partial charge in [-0.15, -0.1) is 0 Å². The molecule has 0 radical (unpaired) electrons. The number of quaternary nitrogens is 1. The summed E-state index contributed by atoms with van der Waals surface area (Å²) >= 11 is 0. The van der Waals surface area contributed by atoms with Crippen LogP contribution >= 0.6 is 0 Å². The van der Waals surface area contributed by atoms with E-state index in [0.717, 1.165) is 30.2 Å². The highest BCUT2D eigenvalue weighted by molar-refractivity contribution is 5.70. The van der Waals surface area contributed by atoms with Crippen molar-refractivity contribution in [2.75, 3.05) is 20.7 Å². The molecule has 2 rings (SSSR count). The van der Waals surface area contributed by atoms with E-state index in [-0.39, 0.29) is 12.1 Å². The summed E-state index contributed by atoms with van der Waals surface area (Å²) < 4.78 is 5.53. The van der Waals surface area contributed by atoms with E-state index in [2.05, 4.69) is 7.05 Å². The van der Waals surface area contributed by atoms with Gasteiger partial charge in [0.2, 0.25) is 0 Å². The summed E-state index contributed by atoms with van der Waals surface area (Å²) in [5.41, 5.74) is 0. The number of likely N-dealkylation sites (N-methyl/N-ethyl adjacent to an activating group) is 1. The van der Waals surface area contributed by atoms with E-state index in [0.29, 0.717) is 18.6 Å². The number of aliphatic hydroxyl groups excluding tert-OH is 1. The first-order valence-electron chi connectivity index (χ1n) is 5.66. The first-order chi connectivity index (χ1) is 7.06. The van der Waals surface area contributed by atoms with Crippen LogP contribution in [0.2, 0.25) is 0 Å². The van der Waals surface area contributed by atoms with Crippen molar-refractivity contribution >= 4 is 5.97 Å². The average Bonchev–Trinajstić information content (AvgIpc) is 2.41. The summed E-state index contributed by atoms with van der Waals surface area (Å²) in [5.74, 6) is -0.134. The summed E-state index contributed by atoms with van der Waals surface area (Å²) in [7, 11) is 3.57. The number of rotatable bonds is 2. The molecule has 2 heterocycles. The fourth-order valence-electron chi connectivity index (χ4n) is 3.32. The van der Waals surface area contributed by atoms with E-state index >= 15 is 0 Å². The van der Waals surface area contributed by atoms with Crippen LogP contribution in [0.25, 0.3) is 0 Å². The fourth-order valence-corrected chi connectivity index (χ4v) is 3.32. The van der Waals surface area contributed by atoms with Crippen LogP contribution in [-0.2, 0) is 9.53 Å². The zero-order valence-electron chi connectivity index (χ0n) is 9.48. The number of aliphatic hydroxyl groups is 1. The van der Waals surface area contributed by atoms with Crippen molar-refractivity contribution in [1.29, 1.82) is 0 Å². The van der Waals surface area contributed by atoms with Gasteiger partial charge < -0.3 is 14.3 Å². The Hall–Kier alpha value is -0.610. The van der Waals surface area contributed by atoms with Crippen LogP contribution in [0.15, 0.2) is 0 Å². The van der Waals surface area contributed by atoms with Gasteiger partial charge in [0.05, 0.1) is 32.3 Å². The number of carbonyl (C=O) groups excluding carboxylic acids is 1. The third-order valence-electron chi connectivity index (χ3n) is 4.29. The lowest BCUT2D eigenvalue weighted by Gasteiger charge is -2.45. The maximum Gasteiger partial charge on any atom is 0.361 e. The first-order valence-corrected chi connectivity index (χ1v) is 5.66. The Kier molecular flexibility index (Phi) is 2.73. The number of ether oxygens (including phenoxy) is 1. The maximum absolute atomic E-state index is 11.4. The van der Waals surface area contributed by atoms with Gasteiger partial charge in [-0.05, 0) is 0 Å². The molecule has 0 aromatic carbocycles. The van der Waals surface area contributed by atoms with Crippen molar-refractivity contribution in [3.63, 3.8) is 0 Å². The number of piperidine rings is 1. The molecule has 2 bridgehead atoms. The van der Waals surface area contributed by atoms with Gasteiger partial charge in [-0.1, -0.05) is 0 Å². The standard InChI is InChI=1S/C11H20NO3/c1-12(7-11(14)15-2)8-3-4-9(12)6-10(13)5-8/h8-10,13H,3-7H2,1-2H3/q+1. The van der Waals surface area contributed by atoms with E-state index in [9.17, 15) is 9.90 Å². The number of carbonyl (C=O) groups is 1. The highest BCUT2D eigenvalue weighted by atomic mass is 16.5. The second kappa shape index (κ2) is 3.76. The number of methoxy groups -OCH3 is 1. The van der Waals surface area contributed by atoms with Crippen molar-refractivity contribution in [3.05, 3.63) is 0 Å². The van der Waals surface area contributed by atoms with Crippen LogP contribution in [0.4, 0.5) is 0 Å². The number of esters is 1. The minimum atomic E-state index is -0.161. The van der Waals surface area contributed by atoms with Crippen LogP contribution in [0, 0.1) is 0 Å². The van der Waals surface area contributed by atoms with E-state index in [4.69, 9.17) is 4.74 Å². The van der Waals surface area contributed by atoms with Crippen LogP contribution < -0.4 is 0 Å². The Balaban J connectivity index is 2.11. The van der Waals surface area contributed by atoms with Gasteiger partial charge in [0, 0.05) is 25.7 Å². The minimum Gasteiger partial charge on any atom is -0.465 e. The fraction of sp³-hybridized carbons (Fsp3) is 0.909. The lowest BCUT2D eigenvalue weighted by molar-refractivity contribution is -0.942. The highest BCUT2D eigenvalue weighted by Crippen LogP contribution is 2.40. The molecule has 2 unspecified atom stereocenters. The van der Waals surface area contributed by atoms with Crippen LogP contribution in [-0.4, -0.2) is 54.4 Å². The monoisotopic (exact) mass is 214 g/mol. The zero-order chi connectivity index (χ0) is 11.1. The Labute approximate surface area is 90.4 Å². The smallest absolute Gasteiger partial charge is 0.361 e. The molecule has 0 saturated carbocycles. The second-order valence-electron chi connectivity index (χ2n) is 5.09. The summed E-state index contributed by atoms with van der Waals surface area (Å²) in [6, 6.07) is 0.885. The molecule has 0 spiro atoms. The van der Waals surface area contributed by atoms with Crippen LogP contribution in [0.1, 0.15) is 25.7 Å². The first kappa shape index (κ1) is 10.9. The molecule has 2 saturated heterocycles. The van der Waals surface area contributed by atoms with Gasteiger partial charge in [0.25, 0.3) is 0 Å².